The van der Waals surface area contributed by atoms with Crippen LogP contribution in [-0.4, -0.2) is 27.9 Å². The SMILES string of the molecule is ON=C1C[C@@H]2CCC[C@@H](C1)N2Cc1ccccc1. The highest BCUT2D eigenvalue weighted by molar-refractivity contribution is 5.85. The first kappa shape index (κ1) is 11.7. The largest absolute Gasteiger partial charge is 0.411 e. The Bertz CT molecular complexity index is 413. The molecule has 0 aliphatic carbocycles. The van der Waals surface area contributed by atoms with E-state index in [1.54, 1.807) is 0 Å². The summed E-state index contributed by atoms with van der Waals surface area (Å²) >= 11 is 0. The van der Waals surface area contributed by atoms with Gasteiger partial charge in [-0.15, -0.1) is 0 Å². The van der Waals surface area contributed by atoms with Crippen LogP contribution < -0.4 is 0 Å². The van der Waals surface area contributed by atoms with Crippen LogP contribution in [0.3, 0.4) is 0 Å². The Hall–Kier alpha value is -1.35. The van der Waals surface area contributed by atoms with Gasteiger partial charge in [0.1, 0.15) is 0 Å². The summed E-state index contributed by atoms with van der Waals surface area (Å²) in [4.78, 5) is 2.62. The summed E-state index contributed by atoms with van der Waals surface area (Å²) in [6.07, 6.45) is 5.68. The number of benzene rings is 1. The molecule has 3 heteroatoms. The van der Waals surface area contributed by atoms with Crippen molar-refractivity contribution < 1.29 is 5.21 Å². The molecule has 0 saturated carbocycles. The fourth-order valence-electron chi connectivity index (χ4n) is 3.42. The fourth-order valence-corrected chi connectivity index (χ4v) is 3.42. The predicted molar refractivity (Wildman–Crippen MR) is 71.9 cm³/mol. The van der Waals surface area contributed by atoms with E-state index in [0.717, 1.165) is 25.1 Å². The van der Waals surface area contributed by atoms with Crippen molar-refractivity contribution in [2.45, 2.75) is 50.7 Å². The molecule has 96 valence electrons. The van der Waals surface area contributed by atoms with Crippen LogP contribution in [0.15, 0.2) is 35.5 Å². The quantitative estimate of drug-likeness (QED) is 0.641. The van der Waals surface area contributed by atoms with Gasteiger partial charge in [-0.3, -0.25) is 4.90 Å². The molecule has 3 rings (SSSR count). The van der Waals surface area contributed by atoms with E-state index in [9.17, 15) is 0 Å². The van der Waals surface area contributed by atoms with Gasteiger partial charge in [-0.1, -0.05) is 41.9 Å². The lowest BCUT2D eigenvalue weighted by atomic mass is 9.83. The van der Waals surface area contributed by atoms with Crippen LogP contribution in [-0.2, 0) is 6.54 Å². The van der Waals surface area contributed by atoms with Crippen LogP contribution in [0.5, 0.6) is 0 Å². The van der Waals surface area contributed by atoms with Crippen molar-refractivity contribution in [1.29, 1.82) is 0 Å². The zero-order chi connectivity index (χ0) is 12.4. The average Bonchev–Trinajstić information content (AvgIpc) is 2.39. The van der Waals surface area contributed by atoms with Gasteiger partial charge < -0.3 is 5.21 Å². The topological polar surface area (TPSA) is 35.8 Å². The predicted octanol–water partition coefficient (Wildman–Crippen LogP) is 3.03. The summed E-state index contributed by atoms with van der Waals surface area (Å²) in [6.45, 7) is 1.04. The lowest BCUT2D eigenvalue weighted by Crippen LogP contribution is -2.51. The van der Waals surface area contributed by atoms with E-state index in [0.29, 0.717) is 12.1 Å². The Morgan fingerprint density at radius 2 is 1.78 bits per heavy atom. The molecule has 1 aromatic carbocycles. The van der Waals surface area contributed by atoms with E-state index in [4.69, 9.17) is 5.21 Å². The number of piperidine rings is 2. The minimum atomic E-state index is 0.573. The van der Waals surface area contributed by atoms with Gasteiger partial charge in [0.15, 0.2) is 0 Å². The van der Waals surface area contributed by atoms with Crippen molar-refractivity contribution in [3.63, 3.8) is 0 Å². The second-order valence-corrected chi connectivity index (χ2v) is 5.47. The van der Waals surface area contributed by atoms with E-state index < -0.39 is 0 Å². The molecule has 0 spiro atoms. The zero-order valence-corrected chi connectivity index (χ0v) is 10.6. The summed E-state index contributed by atoms with van der Waals surface area (Å²) in [7, 11) is 0. The van der Waals surface area contributed by atoms with Crippen LogP contribution >= 0.6 is 0 Å². The maximum absolute atomic E-state index is 8.99. The number of fused-ring (bicyclic) bond motifs is 2. The minimum Gasteiger partial charge on any atom is -0.411 e. The van der Waals surface area contributed by atoms with Gasteiger partial charge in [0.05, 0.1) is 5.71 Å². The fraction of sp³-hybridized carbons (Fsp3) is 0.533. The first-order valence-electron chi connectivity index (χ1n) is 6.86. The molecule has 2 aliphatic rings. The molecule has 0 unspecified atom stereocenters. The number of hydrogen-bond donors (Lipinski definition) is 1. The van der Waals surface area contributed by atoms with Crippen LogP contribution in [0.25, 0.3) is 0 Å². The Morgan fingerprint density at radius 3 is 2.39 bits per heavy atom. The second kappa shape index (κ2) is 5.11. The van der Waals surface area contributed by atoms with Gasteiger partial charge in [0.25, 0.3) is 0 Å². The second-order valence-electron chi connectivity index (χ2n) is 5.47. The highest BCUT2D eigenvalue weighted by Gasteiger charge is 2.36. The summed E-state index contributed by atoms with van der Waals surface area (Å²) < 4.78 is 0. The van der Waals surface area contributed by atoms with Crippen molar-refractivity contribution >= 4 is 5.71 Å². The Balaban J connectivity index is 1.76. The molecule has 0 amide bonds. The number of hydrogen-bond acceptors (Lipinski definition) is 3. The Labute approximate surface area is 108 Å². The summed E-state index contributed by atoms with van der Waals surface area (Å²) in [5, 5.41) is 12.5. The Kier molecular flexibility index (Phi) is 3.33. The van der Waals surface area contributed by atoms with Gasteiger partial charge in [-0.05, 0) is 18.4 Å². The summed E-state index contributed by atoms with van der Waals surface area (Å²) in [5.74, 6) is 0. The molecule has 0 radical (unpaired) electrons. The first-order valence-corrected chi connectivity index (χ1v) is 6.86. The normalized spacial score (nSPS) is 28.1. The van der Waals surface area contributed by atoms with E-state index in [2.05, 4.69) is 40.4 Å². The summed E-state index contributed by atoms with van der Waals surface area (Å²) in [6, 6.07) is 11.8. The number of nitrogens with zero attached hydrogens (tertiary/aromatic N) is 2. The molecule has 1 aromatic rings. The highest BCUT2D eigenvalue weighted by Crippen LogP contribution is 2.33. The molecule has 2 saturated heterocycles. The molecular formula is C15H20N2O. The van der Waals surface area contributed by atoms with Gasteiger partial charge >= 0.3 is 0 Å². The third kappa shape index (κ3) is 2.27. The maximum Gasteiger partial charge on any atom is 0.0601 e. The molecule has 2 bridgehead atoms. The van der Waals surface area contributed by atoms with Gasteiger partial charge in [-0.2, -0.15) is 0 Å². The van der Waals surface area contributed by atoms with Crippen molar-refractivity contribution in [3.8, 4) is 0 Å². The van der Waals surface area contributed by atoms with Gasteiger partial charge in [0, 0.05) is 31.5 Å². The minimum absolute atomic E-state index is 0.573. The average molecular weight is 244 g/mol. The third-order valence-electron chi connectivity index (χ3n) is 4.30. The highest BCUT2D eigenvalue weighted by atomic mass is 16.4. The third-order valence-corrected chi connectivity index (χ3v) is 4.30. The smallest absolute Gasteiger partial charge is 0.0601 e. The van der Waals surface area contributed by atoms with E-state index >= 15 is 0 Å². The van der Waals surface area contributed by atoms with E-state index in [1.807, 2.05) is 0 Å². The van der Waals surface area contributed by atoms with Gasteiger partial charge in [-0.25, -0.2) is 0 Å². The standard InChI is InChI=1S/C15H20N2O/c18-16-13-9-14-7-4-8-15(10-13)17(14)11-12-5-2-1-3-6-12/h1-3,5-6,14-15,18H,4,7-11H2/t14-,15-/m0/s1. The van der Waals surface area contributed by atoms with E-state index in [1.165, 1.54) is 24.8 Å². The molecule has 2 heterocycles. The Morgan fingerprint density at radius 1 is 1.11 bits per heavy atom. The van der Waals surface area contributed by atoms with Crippen molar-refractivity contribution in [1.82, 2.24) is 4.90 Å². The maximum atomic E-state index is 8.99. The molecule has 2 fully saturated rings. The molecular weight excluding hydrogens is 224 g/mol. The van der Waals surface area contributed by atoms with Crippen LogP contribution in [0, 0.1) is 0 Å². The molecule has 18 heavy (non-hydrogen) atoms. The van der Waals surface area contributed by atoms with Crippen LogP contribution in [0.2, 0.25) is 0 Å². The van der Waals surface area contributed by atoms with Crippen molar-refractivity contribution in [3.05, 3.63) is 35.9 Å². The molecule has 0 aromatic heterocycles. The van der Waals surface area contributed by atoms with Crippen LogP contribution in [0.1, 0.15) is 37.7 Å². The molecule has 3 nitrogen and oxygen atoms in total. The monoisotopic (exact) mass is 244 g/mol. The lowest BCUT2D eigenvalue weighted by Gasteiger charge is -2.46. The van der Waals surface area contributed by atoms with E-state index in [-0.39, 0.29) is 0 Å². The lowest BCUT2D eigenvalue weighted by molar-refractivity contribution is 0.0668. The van der Waals surface area contributed by atoms with Gasteiger partial charge in [0.2, 0.25) is 0 Å². The number of oxime groups is 1. The van der Waals surface area contributed by atoms with Crippen LogP contribution in [0.4, 0.5) is 0 Å². The molecule has 2 aliphatic heterocycles. The molecule has 2 atom stereocenters. The van der Waals surface area contributed by atoms with Crippen molar-refractivity contribution in [2.24, 2.45) is 5.16 Å². The summed E-state index contributed by atoms with van der Waals surface area (Å²) in [5.41, 5.74) is 2.38. The zero-order valence-electron chi connectivity index (χ0n) is 10.6. The molecule has 1 N–H and O–H groups in total. The number of rotatable bonds is 2. The first-order chi connectivity index (χ1) is 8.86. The van der Waals surface area contributed by atoms with Crippen molar-refractivity contribution in [2.75, 3.05) is 0 Å².